The lowest BCUT2D eigenvalue weighted by Crippen LogP contribution is -2.18. The van der Waals surface area contributed by atoms with Crippen LogP contribution in [-0.2, 0) is 24.2 Å². The summed E-state index contributed by atoms with van der Waals surface area (Å²) in [4.78, 5) is 37.6. The van der Waals surface area contributed by atoms with E-state index in [1.54, 1.807) is 18.5 Å². The second-order valence-corrected chi connectivity index (χ2v) is 9.18. The minimum atomic E-state index is -0.218. The molecule has 0 atom stereocenters. The van der Waals surface area contributed by atoms with Crippen LogP contribution in [0.15, 0.2) is 53.6 Å². The van der Waals surface area contributed by atoms with E-state index in [9.17, 15) is 9.59 Å². The van der Waals surface area contributed by atoms with E-state index >= 15 is 0 Å². The van der Waals surface area contributed by atoms with Crippen LogP contribution in [0.5, 0.6) is 0 Å². The smallest absolute Gasteiger partial charge is 0.230 e. The number of amides is 1. The monoisotopic (exact) mass is 500 g/mol. The quantitative estimate of drug-likeness (QED) is 0.309. The summed E-state index contributed by atoms with van der Waals surface area (Å²) in [6, 6.07) is 11.2. The normalized spacial score (nSPS) is 11.2. The van der Waals surface area contributed by atoms with Crippen molar-refractivity contribution in [3.05, 3.63) is 69.6 Å². The number of hydrogen-bond acceptors (Lipinski definition) is 8. The first-order valence-electron chi connectivity index (χ1n) is 11.5. The van der Waals surface area contributed by atoms with E-state index in [-0.39, 0.29) is 17.8 Å². The molecule has 4 aromatic heterocycles. The lowest BCUT2D eigenvalue weighted by molar-refractivity contribution is -0.115. The van der Waals surface area contributed by atoms with Crippen LogP contribution in [-0.4, -0.2) is 35.6 Å². The number of benzene rings is 1. The fourth-order valence-electron chi connectivity index (χ4n) is 4.03. The number of aromatic amines is 1. The van der Waals surface area contributed by atoms with E-state index < -0.39 is 0 Å². The Labute approximate surface area is 210 Å². The zero-order valence-electron chi connectivity index (χ0n) is 19.8. The van der Waals surface area contributed by atoms with Gasteiger partial charge in [-0.15, -0.1) is 10.2 Å². The topological polar surface area (TPSA) is 144 Å². The van der Waals surface area contributed by atoms with Gasteiger partial charge in [0.05, 0.1) is 17.5 Å². The highest BCUT2D eigenvalue weighted by molar-refractivity contribution is 7.15. The number of H-pyrrole nitrogens is 1. The number of hydrogen-bond donors (Lipinski definition) is 3. The molecule has 0 saturated carbocycles. The first-order chi connectivity index (χ1) is 17.5. The molecule has 5 rings (SSSR count). The molecule has 4 N–H and O–H groups in total. The van der Waals surface area contributed by atoms with E-state index in [2.05, 4.69) is 25.5 Å². The predicted octanol–water partition coefficient (Wildman–Crippen LogP) is 3.65. The summed E-state index contributed by atoms with van der Waals surface area (Å²) in [5.74, 6) is 0.597. The fraction of sp³-hybridized carbons (Fsp3) is 0.200. The molecule has 0 bridgehead atoms. The molecule has 0 aliphatic carbocycles. The molecular formula is C25H24N8O2S. The summed E-state index contributed by atoms with van der Waals surface area (Å²) in [5, 5.41) is 12.6. The van der Waals surface area contributed by atoms with Crippen LogP contribution < -0.4 is 16.5 Å². The fourth-order valence-corrected chi connectivity index (χ4v) is 4.73. The standard InChI is InChI=1S/C25H24N8O2S/c1-3-19-31-32-25(36-19)30-18(34)13-14-5-7-15(8-6-14)17-10-9-16-21(35)20(23-27-11-12-28-23)22(26)33(4-2)24(16)29-17/h5-12H,3-4,13,26H2,1-2H3,(H,27,28)(H,30,32,34). The maximum absolute atomic E-state index is 13.2. The molecule has 0 spiro atoms. The third kappa shape index (κ3) is 4.36. The van der Waals surface area contributed by atoms with Gasteiger partial charge in [-0.3, -0.25) is 9.59 Å². The minimum absolute atomic E-state index is 0.153. The van der Waals surface area contributed by atoms with Crippen molar-refractivity contribution in [1.82, 2.24) is 29.7 Å². The van der Waals surface area contributed by atoms with Crippen LogP contribution >= 0.6 is 11.3 Å². The summed E-state index contributed by atoms with van der Waals surface area (Å²) < 4.78 is 1.81. The van der Waals surface area contributed by atoms with Crippen molar-refractivity contribution in [3.63, 3.8) is 0 Å². The van der Waals surface area contributed by atoms with Gasteiger partial charge >= 0.3 is 0 Å². The second kappa shape index (κ2) is 9.70. The zero-order valence-corrected chi connectivity index (χ0v) is 20.6. The van der Waals surface area contributed by atoms with Crippen LogP contribution in [0.25, 0.3) is 33.7 Å². The van der Waals surface area contributed by atoms with Gasteiger partial charge in [0.15, 0.2) is 0 Å². The number of pyridine rings is 2. The molecule has 5 aromatic rings. The number of anilines is 2. The highest BCUT2D eigenvalue weighted by atomic mass is 32.1. The van der Waals surface area contributed by atoms with Crippen molar-refractivity contribution in [1.29, 1.82) is 0 Å². The minimum Gasteiger partial charge on any atom is -0.384 e. The molecule has 0 unspecified atom stereocenters. The number of imidazole rings is 1. The number of aryl methyl sites for hydroxylation is 2. The molecule has 11 heteroatoms. The zero-order chi connectivity index (χ0) is 25.2. The molecule has 10 nitrogen and oxygen atoms in total. The number of nitrogen functional groups attached to an aromatic ring is 1. The Balaban J connectivity index is 1.42. The van der Waals surface area contributed by atoms with Crippen LogP contribution in [0, 0.1) is 0 Å². The number of rotatable bonds is 7. The lowest BCUT2D eigenvalue weighted by Gasteiger charge is -2.15. The van der Waals surface area contributed by atoms with Crippen molar-refractivity contribution in [3.8, 4) is 22.6 Å². The van der Waals surface area contributed by atoms with Crippen LogP contribution in [0.2, 0.25) is 0 Å². The summed E-state index contributed by atoms with van der Waals surface area (Å²) >= 11 is 1.38. The van der Waals surface area contributed by atoms with Crippen LogP contribution in [0.1, 0.15) is 24.4 Å². The molecule has 1 aromatic carbocycles. The molecule has 0 radical (unpaired) electrons. The van der Waals surface area contributed by atoms with E-state index in [0.29, 0.717) is 45.6 Å². The molecular weight excluding hydrogens is 476 g/mol. The van der Waals surface area contributed by atoms with Gasteiger partial charge in [-0.2, -0.15) is 0 Å². The van der Waals surface area contributed by atoms with Crippen molar-refractivity contribution in [2.24, 2.45) is 0 Å². The van der Waals surface area contributed by atoms with Crippen LogP contribution in [0.4, 0.5) is 10.9 Å². The largest absolute Gasteiger partial charge is 0.384 e. The highest BCUT2D eigenvalue weighted by Crippen LogP contribution is 2.26. The average molecular weight is 501 g/mol. The van der Waals surface area contributed by atoms with Gasteiger partial charge in [0.1, 0.15) is 27.9 Å². The predicted molar refractivity (Wildman–Crippen MR) is 141 cm³/mol. The maximum atomic E-state index is 13.2. The number of nitrogens with one attached hydrogen (secondary N) is 2. The van der Waals surface area contributed by atoms with E-state index in [1.807, 2.05) is 48.7 Å². The number of aromatic nitrogens is 6. The molecule has 1 amide bonds. The summed E-state index contributed by atoms with van der Waals surface area (Å²) in [7, 11) is 0. The Bertz CT molecular complexity index is 1600. The van der Waals surface area contributed by atoms with Crippen molar-refractivity contribution < 1.29 is 4.79 Å². The molecule has 0 aliphatic heterocycles. The number of nitrogens with two attached hydrogens (primary N) is 1. The van der Waals surface area contributed by atoms with Gasteiger partial charge in [0, 0.05) is 24.5 Å². The Morgan fingerprint density at radius 2 is 1.94 bits per heavy atom. The summed E-state index contributed by atoms with van der Waals surface area (Å²) in [6.45, 7) is 4.48. The number of fused-ring (bicyclic) bond motifs is 1. The first kappa shape index (κ1) is 23.4. The summed E-state index contributed by atoms with van der Waals surface area (Å²) in [6.07, 6.45) is 4.24. The van der Waals surface area contributed by atoms with Crippen molar-refractivity contribution in [2.75, 3.05) is 11.1 Å². The number of nitrogens with zero attached hydrogens (tertiary/aromatic N) is 5. The molecule has 36 heavy (non-hydrogen) atoms. The van der Waals surface area contributed by atoms with E-state index in [4.69, 9.17) is 10.7 Å². The molecule has 0 fully saturated rings. The number of carbonyl (C=O) groups excluding carboxylic acids is 1. The second-order valence-electron chi connectivity index (χ2n) is 8.12. The molecule has 4 heterocycles. The molecule has 0 saturated heterocycles. The molecule has 0 aliphatic rings. The number of carbonyl (C=O) groups is 1. The van der Waals surface area contributed by atoms with Crippen molar-refractivity contribution >= 4 is 39.2 Å². The summed E-state index contributed by atoms with van der Waals surface area (Å²) in [5.41, 5.74) is 9.44. The van der Waals surface area contributed by atoms with Gasteiger partial charge in [-0.25, -0.2) is 9.97 Å². The Hall–Kier alpha value is -4.38. The lowest BCUT2D eigenvalue weighted by atomic mass is 10.1. The van der Waals surface area contributed by atoms with Gasteiger partial charge in [-0.05, 0) is 31.0 Å². The third-order valence-corrected chi connectivity index (χ3v) is 6.81. The van der Waals surface area contributed by atoms with Gasteiger partial charge in [0.2, 0.25) is 16.5 Å². The average Bonchev–Trinajstić information content (AvgIpc) is 3.57. The van der Waals surface area contributed by atoms with Gasteiger partial charge in [0.25, 0.3) is 0 Å². The third-order valence-electron chi connectivity index (χ3n) is 5.83. The maximum Gasteiger partial charge on any atom is 0.230 e. The SMILES string of the molecule is CCc1nnc(NC(=O)Cc2ccc(-c3ccc4c(=O)c(-c5ncc[nH]5)c(N)n(CC)c4n3)cc2)s1. The Kier molecular flexibility index (Phi) is 6.30. The Morgan fingerprint density at radius 1 is 1.14 bits per heavy atom. The van der Waals surface area contributed by atoms with Crippen LogP contribution in [0.3, 0.4) is 0 Å². The Morgan fingerprint density at radius 3 is 2.61 bits per heavy atom. The first-order valence-corrected chi connectivity index (χ1v) is 12.3. The van der Waals surface area contributed by atoms with Gasteiger partial charge in [-0.1, -0.05) is 42.5 Å². The van der Waals surface area contributed by atoms with Gasteiger partial charge < -0.3 is 20.6 Å². The van der Waals surface area contributed by atoms with E-state index in [0.717, 1.165) is 22.6 Å². The molecule has 182 valence electrons. The highest BCUT2D eigenvalue weighted by Gasteiger charge is 2.19. The van der Waals surface area contributed by atoms with Crippen molar-refractivity contribution in [2.45, 2.75) is 33.2 Å². The van der Waals surface area contributed by atoms with E-state index in [1.165, 1.54) is 11.3 Å².